The molecule has 0 spiro atoms. The number of alkyl halides is 3. The molecule has 1 aliphatic heterocycles. The van der Waals surface area contributed by atoms with E-state index in [0.717, 1.165) is 44.3 Å². The summed E-state index contributed by atoms with van der Waals surface area (Å²) < 4.78 is 70.3. The zero-order valence-electron chi connectivity index (χ0n) is 19.1. The highest BCUT2D eigenvalue weighted by Crippen LogP contribution is 2.34. The van der Waals surface area contributed by atoms with Crippen molar-refractivity contribution >= 4 is 44.1 Å². The van der Waals surface area contributed by atoms with Gasteiger partial charge in [-0.3, -0.25) is 0 Å². The molecule has 0 bridgehead atoms. The molecule has 1 saturated carbocycles. The van der Waals surface area contributed by atoms with Gasteiger partial charge in [0.25, 0.3) is 10.0 Å². The van der Waals surface area contributed by atoms with Crippen LogP contribution in [-0.4, -0.2) is 55.7 Å². The van der Waals surface area contributed by atoms with Crippen molar-refractivity contribution in [3.8, 4) is 5.75 Å². The van der Waals surface area contributed by atoms with Gasteiger partial charge in [0.15, 0.2) is 0 Å². The van der Waals surface area contributed by atoms with Gasteiger partial charge in [-0.05, 0) is 43.9 Å². The van der Waals surface area contributed by atoms with E-state index in [1.165, 1.54) is 43.6 Å². The third-order valence-electron chi connectivity index (χ3n) is 6.25. The van der Waals surface area contributed by atoms with Crippen LogP contribution in [0.3, 0.4) is 0 Å². The van der Waals surface area contributed by atoms with E-state index in [2.05, 4.69) is 14.7 Å². The molecule has 2 aliphatic rings. The minimum atomic E-state index is -5.41. The van der Waals surface area contributed by atoms with Gasteiger partial charge in [-0.1, -0.05) is 35.3 Å². The fourth-order valence-corrected chi connectivity index (χ4v) is 6.76. The van der Waals surface area contributed by atoms with Crippen molar-refractivity contribution < 1.29 is 36.0 Å². The average molecular weight is 568 g/mol. The molecule has 0 unspecified atom stereocenters. The number of aromatic nitrogens is 1. The number of likely N-dealkylation sites (tertiary alicyclic amines) is 1. The quantitative estimate of drug-likeness (QED) is 0.425. The van der Waals surface area contributed by atoms with Crippen molar-refractivity contribution in [2.24, 2.45) is 0 Å². The van der Waals surface area contributed by atoms with Gasteiger partial charge < -0.3 is 14.5 Å². The summed E-state index contributed by atoms with van der Waals surface area (Å²) in [7, 11) is -4.78. The normalized spacial score (nSPS) is 18.7. The fraction of sp³-hybridized carbons (Fsp3) is 0.545. The molecule has 36 heavy (non-hydrogen) atoms. The first-order valence-corrected chi connectivity index (χ1v) is 14.2. The van der Waals surface area contributed by atoms with Crippen LogP contribution in [0.4, 0.5) is 18.3 Å². The van der Waals surface area contributed by atoms with E-state index in [1.807, 2.05) is 0 Å². The molecule has 8 nitrogen and oxygen atoms in total. The van der Waals surface area contributed by atoms with E-state index in [0.29, 0.717) is 17.4 Å². The Bertz CT molecular complexity index is 1150. The van der Waals surface area contributed by atoms with Crippen molar-refractivity contribution in [3.05, 3.63) is 34.8 Å². The number of piperidine rings is 1. The van der Waals surface area contributed by atoms with Crippen LogP contribution in [0.25, 0.3) is 0 Å². The summed E-state index contributed by atoms with van der Waals surface area (Å²) in [6.07, 6.45) is 3.54. The van der Waals surface area contributed by atoms with Crippen molar-refractivity contribution in [1.82, 2.24) is 9.88 Å². The number of halogens is 4. The van der Waals surface area contributed by atoms with Crippen LogP contribution in [0.5, 0.6) is 5.75 Å². The van der Waals surface area contributed by atoms with Gasteiger partial charge in [0.2, 0.25) is 5.13 Å². The Labute approximate surface area is 216 Å². The van der Waals surface area contributed by atoms with Crippen molar-refractivity contribution in [2.75, 3.05) is 17.6 Å². The maximum atomic E-state index is 13.1. The lowest BCUT2D eigenvalue weighted by Gasteiger charge is -2.39. The van der Waals surface area contributed by atoms with E-state index in [4.69, 9.17) is 16.3 Å². The Morgan fingerprint density at radius 3 is 2.42 bits per heavy atom. The van der Waals surface area contributed by atoms with Gasteiger partial charge in [0, 0.05) is 30.7 Å². The Morgan fingerprint density at radius 1 is 1.14 bits per heavy atom. The van der Waals surface area contributed by atoms with Crippen LogP contribution in [0, 0.1) is 0 Å². The largest absolute Gasteiger partial charge is 0.493 e. The van der Waals surface area contributed by atoms with Crippen LogP contribution in [0.15, 0.2) is 34.7 Å². The summed E-state index contributed by atoms with van der Waals surface area (Å²) in [5.41, 5.74) is 0. The summed E-state index contributed by atoms with van der Waals surface area (Å²) in [6.45, 7) is 1.82. The molecule has 1 aromatic heterocycles. The number of carbonyl (C=O) groups excluding carboxylic acids is 1. The first-order valence-electron chi connectivity index (χ1n) is 11.5. The topological polar surface area (TPSA) is 89.0 Å². The predicted molar refractivity (Wildman–Crippen MR) is 127 cm³/mol. The second-order valence-electron chi connectivity index (χ2n) is 8.66. The first kappa shape index (κ1) is 27.0. The Morgan fingerprint density at radius 2 is 1.83 bits per heavy atom. The molecule has 2 aromatic rings. The number of hydrogen-bond donors (Lipinski definition) is 0. The third-order valence-corrected chi connectivity index (χ3v) is 8.94. The molecule has 1 saturated heterocycles. The molecule has 0 amide bonds. The summed E-state index contributed by atoms with van der Waals surface area (Å²) in [5, 5.41) is 0.809. The summed E-state index contributed by atoms with van der Waals surface area (Å²) in [6, 6.07) is 4.15. The zero-order chi connectivity index (χ0) is 25.9. The van der Waals surface area contributed by atoms with Gasteiger partial charge in [-0.2, -0.15) is 21.6 Å². The second-order valence-corrected chi connectivity index (χ2v) is 11.7. The first-order chi connectivity index (χ1) is 17.1. The molecule has 4 rings (SSSR count). The average Bonchev–Trinajstić information content (AvgIpc) is 3.38. The van der Waals surface area contributed by atoms with E-state index in [-0.39, 0.29) is 21.3 Å². The molecular formula is C22H25ClF3N3O5S2. The molecule has 14 heteroatoms. The third kappa shape index (κ3) is 6.24. The van der Waals surface area contributed by atoms with Gasteiger partial charge in [0.05, 0.1) is 9.92 Å². The molecule has 1 aromatic carbocycles. The molecular weight excluding hydrogens is 543 g/mol. The molecule has 0 N–H and O–H groups in total. The maximum absolute atomic E-state index is 13.1. The number of nitrogens with zero attached hydrogens (tertiary/aromatic N) is 3. The minimum absolute atomic E-state index is 0.0352. The maximum Gasteiger partial charge on any atom is 0.493 e. The molecule has 1 aliphatic carbocycles. The number of sulfonamides is 1. The standard InChI is InChI=1S/C22H25ClF3N3O5S2/c23-18-14-17(36(31,32)29(21-27-10-13-35-21)34-20(30)22(24,25)26)6-7-19(18)33-16-8-11-28(12-9-16)15-4-2-1-3-5-15/h6-7,10,13-16H,1-5,8-9,11-12H2. The molecule has 198 valence electrons. The van der Waals surface area contributed by atoms with E-state index >= 15 is 0 Å². The van der Waals surface area contributed by atoms with Crippen LogP contribution >= 0.6 is 22.9 Å². The molecule has 0 atom stereocenters. The Kier molecular flexibility index (Phi) is 8.32. The SMILES string of the molecule is O=C(ON(c1nccs1)S(=O)(=O)c1ccc(OC2CCN(C3CCCCC3)CC2)c(Cl)c1)C(F)(F)F. The van der Waals surface area contributed by atoms with E-state index in [1.54, 1.807) is 0 Å². The van der Waals surface area contributed by atoms with E-state index < -0.39 is 32.2 Å². The van der Waals surface area contributed by atoms with Crippen molar-refractivity contribution in [1.29, 1.82) is 0 Å². The number of anilines is 1. The Balaban J connectivity index is 1.45. The zero-order valence-corrected chi connectivity index (χ0v) is 21.5. The summed E-state index contributed by atoms with van der Waals surface area (Å²) in [5.74, 6) is -2.44. The van der Waals surface area contributed by atoms with Gasteiger partial charge in [-0.25, -0.2) is 9.78 Å². The van der Waals surface area contributed by atoms with Crippen LogP contribution < -0.4 is 9.21 Å². The van der Waals surface area contributed by atoms with Gasteiger partial charge in [0.1, 0.15) is 11.9 Å². The lowest BCUT2D eigenvalue weighted by molar-refractivity contribution is -0.199. The molecule has 2 fully saturated rings. The smallest absolute Gasteiger partial charge is 0.489 e. The number of benzene rings is 1. The molecule has 0 radical (unpaired) electrons. The lowest BCUT2D eigenvalue weighted by Crippen LogP contribution is -2.44. The van der Waals surface area contributed by atoms with Gasteiger partial charge in [-0.15, -0.1) is 11.3 Å². The van der Waals surface area contributed by atoms with E-state index in [9.17, 15) is 26.4 Å². The predicted octanol–water partition coefficient (Wildman–Crippen LogP) is 5.19. The number of carbonyl (C=O) groups is 1. The van der Waals surface area contributed by atoms with Crippen molar-refractivity contribution in [3.63, 3.8) is 0 Å². The lowest BCUT2D eigenvalue weighted by atomic mass is 9.92. The highest BCUT2D eigenvalue weighted by Gasteiger charge is 2.45. The van der Waals surface area contributed by atoms with Crippen LogP contribution in [-0.2, 0) is 19.7 Å². The van der Waals surface area contributed by atoms with Gasteiger partial charge >= 0.3 is 12.1 Å². The second kappa shape index (κ2) is 11.1. The summed E-state index contributed by atoms with van der Waals surface area (Å²) >= 11 is 6.97. The highest BCUT2D eigenvalue weighted by molar-refractivity contribution is 7.92. The van der Waals surface area contributed by atoms with Crippen LogP contribution in [0.2, 0.25) is 5.02 Å². The number of rotatable bonds is 7. The monoisotopic (exact) mass is 567 g/mol. The van der Waals surface area contributed by atoms with Crippen LogP contribution in [0.1, 0.15) is 44.9 Å². The fourth-order valence-electron chi connectivity index (χ4n) is 4.44. The Hall–Kier alpha value is -2.09. The number of thiazole rings is 1. The summed E-state index contributed by atoms with van der Waals surface area (Å²) in [4.78, 5) is 21.2. The molecule has 2 heterocycles. The minimum Gasteiger partial charge on any atom is -0.489 e. The number of ether oxygens (including phenoxy) is 1. The highest BCUT2D eigenvalue weighted by atomic mass is 35.5. The number of hydrogen-bond acceptors (Lipinski definition) is 8. The van der Waals surface area contributed by atoms with Crippen molar-refractivity contribution in [2.45, 2.75) is 68.2 Å².